The minimum Gasteiger partial charge on any atom is -0.481 e. The number of nitrogens with zero attached hydrogens (tertiary/aromatic N) is 2. The second-order valence-electron chi connectivity index (χ2n) is 9.53. The van der Waals surface area contributed by atoms with Gasteiger partial charge in [-0.1, -0.05) is 32.0 Å². The van der Waals surface area contributed by atoms with Gasteiger partial charge in [-0.3, -0.25) is 19.4 Å². The Labute approximate surface area is 205 Å². The van der Waals surface area contributed by atoms with Gasteiger partial charge in [0.25, 0.3) is 5.56 Å². The number of aromatic nitrogens is 2. The summed E-state index contributed by atoms with van der Waals surface area (Å²) in [5, 5.41) is 12.5. The van der Waals surface area contributed by atoms with Crippen molar-refractivity contribution in [3.05, 3.63) is 87.6 Å². The fourth-order valence-corrected chi connectivity index (χ4v) is 4.39. The summed E-state index contributed by atoms with van der Waals surface area (Å²) in [5.41, 5.74) is 5.20. The molecule has 1 aromatic carbocycles. The van der Waals surface area contributed by atoms with Gasteiger partial charge in [0.05, 0.1) is 12.5 Å². The Bertz CT molecular complexity index is 1260. The van der Waals surface area contributed by atoms with E-state index in [1.54, 1.807) is 24.7 Å². The molecular formula is C28H33N3O4. The maximum absolute atomic E-state index is 13.5. The summed E-state index contributed by atoms with van der Waals surface area (Å²) in [6.07, 6.45) is 5.09. The van der Waals surface area contributed by atoms with E-state index < -0.39 is 24.0 Å². The number of carboxylic acids is 1. The van der Waals surface area contributed by atoms with Crippen molar-refractivity contribution in [1.82, 2.24) is 14.9 Å². The van der Waals surface area contributed by atoms with Gasteiger partial charge in [-0.05, 0) is 73.1 Å². The number of carbonyl (C=O) groups is 2. The van der Waals surface area contributed by atoms with Crippen LogP contribution < -0.4 is 10.9 Å². The SMILES string of the molecule is Cc1ccn([C@H](CC(C)C)C(=O)N[C@@H](CC(=O)O)c2cncc(-c3c(C)cccc3C)c2)c(=O)c1. The van der Waals surface area contributed by atoms with Crippen LogP contribution in [0.1, 0.15) is 61.0 Å². The van der Waals surface area contributed by atoms with E-state index in [4.69, 9.17) is 0 Å². The molecule has 0 bridgehead atoms. The quantitative estimate of drug-likeness (QED) is 0.465. The van der Waals surface area contributed by atoms with Crippen molar-refractivity contribution in [2.24, 2.45) is 5.92 Å². The number of benzene rings is 1. The zero-order chi connectivity index (χ0) is 25.7. The molecule has 3 aromatic rings. The predicted octanol–water partition coefficient (Wildman–Crippen LogP) is 4.75. The van der Waals surface area contributed by atoms with Crippen molar-refractivity contribution in [2.75, 3.05) is 0 Å². The van der Waals surface area contributed by atoms with Crippen LogP contribution in [0.2, 0.25) is 0 Å². The molecule has 3 rings (SSSR count). The summed E-state index contributed by atoms with van der Waals surface area (Å²) in [6.45, 7) is 9.81. The minimum absolute atomic E-state index is 0.144. The topological polar surface area (TPSA) is 101 Å². The van der Waals surface area contributed by atoms with Crippen LogP contribution in [-0.2, 0) is 9.59 Å². The third-order valence-electron chi connectivity index (χ3n) is 6.06. The average Bonchev–Trinajstić information content (AvgIpc) is 2.77. The van der Waals surface area contributed by atoms with Crippen LogP contribution in [0.25, 0.3) is 11.1 Å². The van der Waals surface area contributed by atoms with Gasteiger partial charge in [0.15, 0.2) is 0 Å². The first-order valence-corrected chi connectivity index (χ1v) is 11.8. The van der Waals surface area contributed by atoms with E-state index in [1.807, 2.05) is 58.9 Å². The lowest BCUT2D eigenvalue weighted by molar-refractivity contribution is -0.138. The lowest BCUT2D eigenvalue weighted by Crippen LogP contribution is -2.40. The second kappa shape index (κ2) is 11.1. The van der Waals surface area contributed by atoms with Gasteiger partial charge >= 0.3 is 5.97 Å². The van der Waals surface area contributed by atoms with E-state index in [0.29, 0.717) is 12.0 Å². The van der Waals surface area contributed by atoms with Crippen LogP contribution in [-0.4, -0.2) is 26.5 Å². The molecule has 0 aliphatic rings. The number of amides is 1. The summed E-state index contributed by atoms with van der Waals surface area (Å²) >= 11 is 0. The fraction of sp³-hybridized carbons (Fsp3) is 0.357. The molecule has 2 atom stereocenters. The van der Waals surface area contributed by atoms with E-state index in [9.17, 15) is 19.5 Å². The Morgan fingerprint density at radius 2 is 1.74 bits per heavy atom. The van der Waals surface area contributed by atoms with Crippen LogP contribution in [0.4, 0.5) is 0 Å². The maximum Gasteiger partial charge on any atom is 0.305 e. The molecule has 2 aromatic heterocycles. The van der Waals surface area contributed by atoms with Crippen molar-refractivity contribution < 1.29 is 14.7 Å². The largest absolute Gasteiger partial charge is 0.481 e. The van der Waals surface area contributed by atoms with Crippen LogP contribution in [0.3, 0.4) is 0 Å². The van der Waals surface area contributed by atoms with Gasteiger partial charge in [-0.2, -0.15) is 0 Å². The summed E-state index contributed by atoms with van der Waals surface area (Å²) in [5.74, 6) is -1.29. The van der Waals surface area contributed by atoms with Gasteiger partial charge < -0.3 is 15.0 Å². The summed E-state index contributed by atoms with van der Waals surface area (Å²) < 4.78 is 1.42. The van der Waals surface area contributed by atoms with Gasteiger partial charge in [0, 0.05) is 30.2 Å². The number of hydrogen-bond acceptors (Lipinski definition) is 4. The average molecular weight is 476 g/mol. The molecule has 0 radical (unpaired) electrons. The molecule has 0 saturated heterocycles. The highest BCUT2D eigenvalue weighted by atomic mass is 16.4. The van der Waals surface area contributed by atoms with E-state index in [-0.39, 0.29) is 17.9 Å². The van der Waals surface area contributed by atoms with Crippen molar-refractivity contribution in [3.8, 4) is 11.1 Å². The monoisotopic (exact) mass is 475 g/mol. The number of pyridine rings is 2. The molecule has 2 N–H and O–H groups in total. The van der Waals surface area contributed by atoms with Gasteiger partial charge in [0.2, 0.25) is 5.91 Å². The van der Waals surface area contributed by atoms with Crippen molar-refractivity contribution in [3.63, 3.8) is 0 Å². The fourth-order valence-electron chi connectivity index (χ4n) is 4.39. The lowest BCUT2D eigenvalue weighted by Gasteiger charge is -2.25. The van der Waals surface area contributed by atoms with Crippen LogP contribution in [0.15, 0.2) is 59.8 Å². The van der Waals surface area contributed by atoms with Gasteiger partial charge in [0.1, 0.15) is 6.04 Å². The Balaban J connectivity index is 1.98. The highest BCUT2D eigenvalue weighted by molar-refractivity contribution is 5.82. The molecule has 0 unspecified atom stereocenters. The summed E-state index contributed by atoms with van der Waals surface area (Å²) in [6, 6.07) is 9.62. The van der Waals surface area contributed by atoms with Gasteiger partial charge in [-0.25, -0.2) is 0 Å². The third kappa shape index (κ3) is 6.44. The zero-order valence-electron chi connectivity index (χ0n) is 20.9. The van der Waals surface area contributed by atoms with E-state index in [1.165, 1.54) is 10.6 Å². The Morgan fingerprint density at radius 1 is 1.06 bits per heavy atom. The summed E-state index contributed by atoms with van der Waals surface area (Å²) in [4.78, 5) is 42.2. The highest BCUT2D eigenvalue weighted by Crippen LogP contribution is 2.29. The zero-order valence-corrected chi connectivity index (χ0v) is 20.9. The Hall–Kier alpha value is -3.74. The maximum atomic E-state index is 13.5. The number of carbonyl (C=O) groups excluding carboxylic acids is 1. The van der Waals surface area contributed by atoms with Crippen LogP contribution in [0, 0.1) is 26.7 Å². The molecule has 35 heavy (non-hydrogen) atoms. The molecule has 0 fully saturated rings. The van der Waals surface area contributed by atoms with E-state index in [2.05, 4.69) is 10.3 Å². The number of aliphatic carboxylic acids is 1. The Kier molecular flexibility index (Phi) is 8.22. The smallest absolute Gasteiger partial charge is 0.305 e. The number of hydrogen-bond donors (Lipinski definition) is 2. The van der Waals surface area contributed by atoms with E-state index in [0.717, 1.165) is 27.8 Å². The molecule has 0 aliphatic carbocycles. The molecule has 184 valence electrons. The third-order valence-corrected chi connectivity index (χ3v) is 6.06. The standard InChI is InChI=1S/C28H33N3O4/c1-17(2)11-24(31-10-9-18(3)12-25(31)32)28(35)30-23(14-26(33)34)21-13-22(16-29-15-21)27-19(4)7-6-8-20(27)5/h6-10,12-13,15-17,23-24H,11,14H2,1-5H3,(H,30,35)(H,33,34)/t23-,24+/m0/s1. The normalized spacial score (nSPS) is 12.9. The molecule has 7 heteroatoms. The first-order valence-electron chi connectivity index (χ1n) is 11.8. The molecule has 0 spiro atoms. The molecule has 7 nitrogen and oxygen atoms in total. The van der Waals surface area contributed by atoms with Crippen molar-refractivity contribution in [1.29, 1.82) is 0 Å². The van der Waals surface area contributed by atoms with Crippen LogP contribution >= 0.6 is 0 Å². The lowest BCUT2D eigenvalue weighted by atomic mass is 9.94. The van der Waals surface area contributed by atoms with Crippen molar-refractivity contribution in [2.45, 2.75) is 59.5 Å². The first kappa shape index (κ1) is 25.9. The number of carboxylic acid groups (broad SMARTS) is 1. The van der Waals surface area contributed by atoms with E-state index >= 15 is 0 Å². The predicted molar refractivity (Wildman–Crippen MR) is 136 cm³/mol. The number of rotatable bonds is 9. The molecule has 2 heterocycles. The number of nitrogens with one attached hydrogen (secondary N) is 1. The second-order valence-corrected chi connectivity index (χ2v) is 9.53. The van der Waals surface area contributed by atoms with Crippen LogP contribution in [0.5, 0.6) is 0 Å². The summed E-state index contributed by atoms with van der Waals surface area (Å²) in [7, 11) is 0. The molecule has 0 aliphatic heterocycles. The molecule has 0 saturated carbocycles. The molecular weight excluding hydrogens is 442 g/mol. The Morgan fingerprint density at radius 3 is 2.34 bits per heavy atom. The minimum atomic E-state index is -1.04. The van der Waals surface area contributed by atoms with Gasteiger partial charge in [-0.15, -0.1) is 0 Å². The first-order chi connectivity index (χ1) is 16.6. The number of aryl methyl sites for hydroxylation is 3. The highest BCUT2D eigenvalue weighted by Gasteiger charge is 2.27. The molecule has 1 amide bonds. The van der Waals surface area contributed by atoms with Crippen molar-refractivity contribution >= 4 is 11.9 Å².